The Balaban J connectivity index is 1.46. The Morgan fingerprint density at radius 3 is 2.85 bits per heavy atom. The van der Waals surface area contributed by atoms with Crippen molar-refractivity contribution in [3.63, 3.8) is 0 Å². The zero-order chi connectivity index (χ0) is 18.1. The molecule has 2 heterocycles. The van der Waals surface area contributed by atoms with Crippen molar-refractivity contribution in [1.29, 1.82) is 0 Å². The van der Waals surface area contributed by atoms with Crippen LogP contribution in [-0.2, 0) is 11.3 Å². The second-order valence-corrected chi connectivity index (χ2v) is 6.72. The fourth-order valence-corrected chi connectivity index (χ4v) is 3.53. The standard InChI is InChI=1S/C18H20BN3O4/c1-11-15(7-6-12-10-25-19(24)17(11)12)26-16-9-20-14(8-21-16)18(23)22-13-4-2-3-5-13/h6-9,13,24H,2-5,10H2,1H3,(H,22,23). The van der Waals surface area contributed by atoms with Crippen molar-refractivity contribution in [2.75, 3.05) is 0 Å². The van der Waals surface area contributed by atoms with E-state index in [1.807, 2.05) is 19.1 Å². The molecule has 7 nitrogen and oxygen atoms in total. The molecule has 1 fully saturated rings. The van der Waals surface area contributed by atoms with E-state index in [-0.39, 0.29) is 17.6 Å². The number of rotatable bonds is 4. The Labute approximate surface area is 151 Å². The third-order valence-electron chi connectivity index (χ3n) is 4.96. The predicted molar refractivity (Wildman–Crippen MR) is 95.4 cm³/mol. The summed E-state index contributed by atoms with van der Waals surface area (Å²) in [5.74, 6) is 0.662. The molecule has 0 saturated heterocycles. The lowest BCUT2D eigenvalue weighted by Crippen LogP contribution is -2.33. The van der Waals surface area contributed by atoms with Crippen LogP contribution >= 0.6 is 0 Å². The Kier molecular flexibility index (Phi) is 4.61. The van der Waals surface area contributed by atoms with Gasteiger partial charge in [-0.25, -0.2) is 9.97 Å². The zero-order valence-corrected chi connectivity index (χ0v) is 14.6. The minimum absolute atomic E-state index is 0.204. The molecule has 8 heteroatoms. The van der Waals surface area contributed by atoms with E-state index in [1.54, 1.807) is 0 Å². The first-order valence-corrected chi connectivity index (χ1v) is 8.84. The van der Waals surface area contributed by atoms with Crippen molar-refractivity contribution in [3.8, 4) is 11.6 Å². The first-order chi connectivity index (χ1) is 12.6. The number of carbonyl (C=O) groups excluding carboxylic acids is 1. The zero-order valence-electron chi connectivity index (χ0n) is 14.6. The summed E-state index contributed by atoms with van der Waals surface area (Å²) in [5, 5.41) is 12.9. The van der Waals surface area contributed by atoms with Gasteiger partial charge >= 0.3 is 7.12 Å². The second kappa shape index (κ2) is 7.05. The third kappa shape index (κ3) is 3.30. The van der Waals surface area contributed by atoms with Crippen molar-refractivity contribution in [3.05, 3.63) is 41.3 Å². The molecule has 1 aromatic heterocycles. The summed E-state index contributed by atoms with van der Waals surface area (Å²) in [4.78, 5) is 20.5. The van der Waals surface area contributed by atoms with Crippen LogP contribution in [0.3, 0.4) is 0 Å². The highest BCUT2D eigenvalue weighted by molar-refractivity contribution is 6.62. The molecule has 1 aliphatic carbocycles. The van der Waals surface area contributed by atoms with E-state index < -0.39 is 7.12 Å². The first-order valence-electron chi connectivity index (χ1n) is 8.84. The Morgan fingerprint density at radius 2 is 2.12 bits per heavy atom. The summed E-state index contributed by atoms with van der Waals surface area (Å²) in [6, 6.07) is 3.92. The maximum atomic E-state index is 12.2. The molecule has 26 heavy (non-hydrogen) atoms. The molecule has 4 rings (SSSR count). The van der Waals surface area contributed by atoms with E-state index >= 15 is 0 Å². The van der Waals surface area contributed by atoms with Crippen LogP contribution in [0.1, 0.15) is 47.3 Å². The molecule has 134 valence electrons. The van der Waals surface area contributed by atoms with Crippen LogP contribution in [0.15, 0.2) is 24.5 Å². The van der Waals surface area contributed by atoms with Gasteiger partial charge in [0.1, 0.15) is 11.4 Å². The molecular formula is C18H20BN3O4. The molecule has 0 unspecified atom stereocenters. The molecule has 0 spiro atoms. The lowest BCUT2D eigenvalue weighted by molar-refractivity contribution is 0.0932. The molecule has 1 amide bonds. The predicted octanol–water partition coefficient (Wildman–Crippen LogP) is 1.47. The van der Waals surface area contributed by atoms with Crippen molar-refractivity contribution >= 4 is 18.5 Å². The van der Waals surface area contributed by atoms with Gasteiger partial charge in [0.2, 0.25) is 5.88 Å². The smallest absolute Gasteiger partial charge is 0.437 e. The van der Waals surface area contributed by atoms with Crippen LogP contribution in [0.4, 0.5) is 0 Å². The van der Waals surface area contributed by atoms with Crippen LogP contribution in [0.5, 0.6) is 11.6 Å². The molecule has 0 atom stereocenters. The van der Waals surface area contributed by atoms with E-state index in [9.17, 15) is 9.82 Å². The average Bonchev–Trinajstić information content (AvgIpc) is 3.28. The van der Waals surface area contributed by atoms with Gasteiger partial charge in [-0.2, -0.15) is 0 Å². The quantitative estimate of drug-likeness (QED) is 0.809. The molecule has 2 aromatic rings. The van der Waals surface area contributed by atoms with Gasteiger partial charge in [0.05, 0.1) is 19.0 Å². The number of amides is 1. The maximum absolute atomic E-state index is 12.2. The van der Waals surface area contributed by atoms with Gasteiger partial charge in [0, 0.05) is 6.04 Å². The van der Waals surface area contributed by atoms with E-state index in [0.29, 0.717) is 18.2 Å². The van der Waals surface area contributed by atoms with Gasteiger partial charge in [-0.3, -0.25) is 4.79 Å². The number of ether oxygens (including phenoxy) is 1. The van der Waals surface area contributed by atoms with Crippen molar-refractivity contribution < 1.29 is 19.2 Å². The first kappa shape index (κ1) is 17.0. The van der Waals surface area contributed by atoms with Crippen LogP contribution in [-0.4, -0.2) is 34.1 Å². The summed E-state index contributed by atoms with van der Waals surface area (Å²) in [7, 11) is -0.929. The van der Waals surface area contributed by atoms with Crippen LogP contribution in [0, 0.1) is 6.92 Å². The van der Waals surface area contributed by atoms with Gasteiger partial charge in [0.25, 0.3) is 5.91 Å². The Hall–Kier alpha value is -2.45. The van der Waals surface area contributed by atoms with Gasteiger partial charge in [0.15, 0.2) is 0 Å². The van der Waals surface area contributed by atoms with Crippen molar-refractivity contribution in [2.24, 2.45) is 0 Å². The molecule has 1 aliphatic heterocycles. The van der Waals surface area contributed by atoms with Gasteiger partial charge in [-0.15, -0.1) is 0 Å². The van der Waals surface area contributed by atoms with E-state index in [2.05, 4.69) is 15.3 Å². The minimum atomic E-state index is -0.929. The molecular weight excluding hydrogens is 333 g/mol. The van der Waals surface area contributed by atoms with E-state index in [1.165, 1.54) is 12.4 Å². The lowest BCUT2D eigenvalue weighted by Gasteiger charge is -2.12. The number of benzene rings is 1. The fraction of sp³-hybridized carbons (Fsp3) is 0.389. The van der Waals surface area contributed by atoms with Crippen molar-refractivity contribution in [1.82, 2.24) is 15.3 Å². The summed E-state index contributed by atoms with van der Waals surface area (Å²) < 4.78 is 11.0. The van der Waals surface area contributed by atoms with Gasteiger partial charge in [-0.1, -0.05) is 18.9 Å². The number of nitrogens with zero attached hydrogens (tertiary/aromatic N) is 2. The van der Waals surface area contributed by atoms with Crippen molar-refractivity contribution in [2.45, 2.75) is 45.3 Å². The molecule has 0 radical (unpaired) electrons. The average molecular weight is 353 g/mol. The summed E-state index contributed by atoms with van der Waals surface area (Å²) >= 11 is 0. The number of nitrogens with one attached hydrogen (secondary N) is 1. The van der Waals surface area contributed by atoms with E-state index in [0.717, 1.165) is 42.3 Å². The Bertz CT molecular complexity index is 822. The largest absolute Gasteiger partial charge is 0.492 e. The van der Waals surface area contributed by atoms with Gasteiger partial charge in [-0.05, 0) is 42.4 Å². The normalized spacial score (nSPS) is 16.6. The van der Waals surface area contributed by atoms with Gasteiger partial charge < -0.3 is 19.7 Å². The minimum Gasteiger partial charge on any atom is -0.437 e. The topological polar surface area (TPSA) is 93.6 Å². The molecule has 1 aromatic carbocycles. The number of fused-ring (bicyclic) bond motifs is 1. The third-order valence-corrected chi connectivity index (χ3v) is 4.96. The summed E-state index contributed by atoms with van der Waals surface area (Å²) in [6.07, 6.45) is 7.21. The van der Waals surface area contributed by atoms with Crippen LogP contribution in [0.25, 0.3) is 0 Å². The van der Waals surface area contributed by atoms with E-state index in [4.69, 9.17) is 9.39 Å². The van der Waals surface area contributed by atoms with Crippen LogP contribution < -0.4 is 15.5 Å². The lowest BCUT2D eigenvalue weighted by atomic mass is 9.76. The SMILES string of the molecule is Cc1c(Oc2cnc(C(=O)NC3CCCC3)cn2)ccc2c1B(O)OC2. The molecule has 1 saturated carbocycles. The fourth-order valence-electron chi connectivity index (χ4n) is 3.53. The monoisotopic (exact) mass is 353 g/mol. The molecule has 2 aliphatic rings. The highest BCUT2D eigenvalue weighted by atomic mass is 16.5. The maximum Gasteiger partial charge on any atom is 0.492 e. The highest BCUT2D eigenvalue weighted by Gasteiger charge is 2.30. The summed E-state index contributed by atoms with van der Waals surface area (Å²) in [5.41, 5.74) is 2.77. The number of carbonyl (C=O) groups is 1. The number of hydrogen-bond acceptors (Lipinski definition) is 6. The number of aromatic nitrogens is 2. The summed E-state index contributed by atoms with van der Waals surface area (Å²) in [6.45, 7) is 2.26. The van der Waals surface area contributed by atoms with Crippen LogP contribution in [0.2, 0.25) is 0 Å². The molecule has 2 N–H and O–H groups in total. The second-order valence-electron chi connectivity index (χ2n) is 6.72. The number of hydrogen-bond donors (Lipinski definition) is 2. The highest BCUT2D eigenvalue weighted by Crippen LogP contribution is 2.25. The Morgan fingerprint density at radius 1 is 1.31 bits per heavy atom. The molecule has 0 bridgehead atoms.